The molecule has 5 heteroatoms. The molecule has 1 aromatic carbocycles. The van der Waals surface area contributed by atoms with Crippen LogP contribution in [0.2, 0.25) is 5.02 Å². The predicted molar refractivity (Wildman–Crippen MR) is 83.8 cm³/mol. The molecule has 1 rings (SSSR count). The highest BCUT2D eigenvalue weighted by Gasteiger charge is 2.40. The molecule has 2 atom stereocenters. The second-order valence-corrected chi connectivity index (χ2v) is 6.19. The van der Waals surface area contributed by atoms with Crippen molar-refractivity contribution in [3.05, 3.63) is 33.3 Å². The number of halogens is 2. The Labute approximate surface area is 133 Å². The number of carbonyl (C=O) groups is 1. The highest BCUT2D eigenvalue weighted by molar-refractivity contribution is 9.10. The summed E-state index contributed by atoms with van der Waals surface area (Å²) in [6.07, 6.45) is 1.31. The van der Waals surface area contributed by atoms with Crippen LogP contribution in [0.25, 0.3) is 0 Å². The van der Waals surface area contributed by atoms with Crippen molar-refractivity contribution in [3.63, 3.8) is 0 Å². The Hall–Kier alpha value is -0.580. The van der Waals surface area contributed by atoms with Gasteiger partial charge in [0.25, 0.3) is 0 Å². The van der Waals surface area contributed by atoms with Crippen LogP contribution in [-0.4, -0.2) is 17.7 Å². The molecule has 0 saturated carbocycles. The van der Waals surface area contributed by atoms with Crippen LogP contribution in [0.4, 0.5) is 0 Å². The van der Waals surface area contributed by atoms with Gasteiger partial charge in [-0.3, -0.25) is 4.79 Å². The number of benzene rings is 1. The number of hydrogen-bond acceptors (Lipinski definition) is 3. The van der Waals surface area contributed by atoms with Gasteiger partial charge in [0.05, 0.1) is 12.5 Å². The smallest absolute Gasteiger partial charge is 0.312 e. The molecule has 0 aromatic heterocycles. The van der Waals surface area contributed by atoms with Gasteiger partial charge in [-0.25, -0.2) is 0 Å². The van der Waals surface area contributed by atoms with Crippen molar-refractivity contribution in [2.24, 2.45) is 5.92 Å². The molecular weight excluding hydrogens is 344 g/mol. The third-order valence-electron chi connectivity index (χ3n) is 3.30. The van der Waals surface area contributed by atoms with Gasteiger partial charge in [-0.05, 0) is 32.4 Å². The fourth-order valence-corrected chi connectivity index (χ4v) is 3.11. The molecule has 0 aliphatic heterocycles. The van der Waals surface area contributed by atoms with Crippen LogP contribution < -0.4 is 0 Å². The third kappa shape index (κ3) is 3.96. The minimum atomic E-state index is -1.36. The van der Waals surface area contributed by atoms with Gasteiger partial charge in [-0.1, -0.05) is 46.9 Å². The van der Waals surface area contributed by atoms with E-state index >= 15 is 0 Å². The predicted octanol–water partition coefficient (Wildman–Crippen LogP) is 4.29. The first-order valence-corrected chi connectivity index (χ1v) is 7.86. The van der Waals surface area contributed by atoms with E-state index in [-0.39, 0.29) is 0 Å². The molecule has 1 N–H and O–H groups in total. The first kappa shape index (κ1) is 17.5. The summed E-state index contributed by atoms with van der Waals surface area (Å²) in [6.45, 7) is 5.62. The summed E-state index contributed by atoms with van der Waals surface area (Å²) < 4.78 is 5.90. The molecule has 1 aromatic rings. The standard InChI is InChI=1S/C15H20BrClO3/c1-4-6-12(14(18)20-5-2)15(3,19)11-8-7-10(16)9-13(11)17/h7-9,12,19H,4-6H2,1-3H3. The Kier molecular flexibility index (Phi) is 6.49. The van der Waals surface area contributed by atoms with E-state index in [1.165, 1.54) is 0 Å². The first-order chi connectivity index (χ1) is 9.34. The second kappa shape index (κ2) is 7.43. The number of aliphatic hydroxyl groups is 1. The summed E-state index contributed by atoms with van der Waals surface area (Å²) in [7, 11) is 0. The molecule has 0 fully saturated rings. The molecule has 0 heterocycles. The molecule has 0 aliphatic carbocycles. The zero-order chi connectivity index (χ0) is 15.3. The summed E-state index contributed by atoms with van der Waals surface area (Å²) in [4.78, 5) is 12.1. The van der Waals surface area contributed by atoms with Crippen LogP contribution in [0.3, 0.4) is 0 Å². The highest BCUT2D eigenvalue weighted by Crippen LogP contribution is 2.38. The van der Waals surface area contributed by atoms with Crippen LogP contribution in [-0.2, 0) is 15.1 Å². The molecule has 112 valence electrons. The number of ether oxygens (including phenoxy) is 1. The summed E-state index contributed by atoms with van der Waals surface area (Å²) in [6, 6.07) is 5.23. The molecule has 0 saturated heterocycles. The maximum atomic E-state index is 12.1. The van der Waals surface area contributed by atoms with E-state index in [4.69, 9.17) is 16.3 Å². The van der Waals surface area contributed by atoms with Crippen LogP contribution in [0.15, 0.2) is 22.7 Å². The van der Waals surface area contributed by atoms with E-state index < -0.39 is 17.5 Å². The lowest BCUT2D eigenvalue weighted by Gasteiger charge is -2.32. The van der Waals surface area contributed by atoms with Crippen molar-refractivity contribution in [1.82, 2.24) is 0 Å². The van der Waals surface area contributed by atoms with Crippen molar-refractivity contribution in [3.8, 4) is 0 Å². The van der Waals surface area contributed by atoms with Crippen LogP contribution >= 0.6 is 27.5 Å². The Morgan fingerprint density at radius 3 is 2.65 bits per heavy atom. The van der Waals surface area contributed by atoms with Gasteiger partial charge >= 0.3 is 5.97 Å². The van der Waals surface area contributed by atoms with Gasteiger partial charge in [0.15, 0.2) is 0 Å². The first-order valence-electron chi connectivity index (χ1n) is 6.69. The van der Waals surface area contributed by atoms with Gasteiger partial charge in [-0.15, -0.1) is 0 Å². The summed E-state index contributed by atoms with van der Waals surface area (Å²) in [5.41, 5.74) is -0.825. The van der Waals surface area contributed by atoms with Crippen LogP contribution in [0.1, 0.15) is 39.2 Å². The Morgan fingerprint density at radius 2 is 2.15 bits per heavy atom. The molecule has 0 radical (unpaired) electrons. The second-order valence-electron chi connectivity index (χ2n) is 4.86. The van der Waals surface area contributed by atoms with E-state index in [0.717, 1.165) is 10.9 Å². The molecule has 0 bridgehead atoms. The van der Waals surface area contributed by atoms with E-state index in [2.05, 4.69) is 15.9 Å². The summed E-state index contributed by atoms with van der Waals surface area (Å²) in [5.74, 6) is -1.02. The SMILES string of the molecule is CCCC(C(=O)OCC)C(C)(O)c1ccc(Br)cc1Cl. The molecule has 0 aliphatic rings. The lowest BCUT2D eigenvalue weighted by Crippen LogP contribution is -2.38. The van der Waals surface area contributed by atoms with Crippen molar-refractivity contribution < 1.29 is 14.6 Å². The van der Waals surface area contributed by atoms with Crippen molar-refractivity contribution in [2.45, 2.75) is 39.2 Å². The zero-order valence-corrected chi connectivity index (χ0v) is 14.3. The molecule has 3 nitrogen and oxygen atoms in total. The topological polar surface area (TPSA) is 46.5 Å². The van der Waals surface area contributed by atoms with Crippen LogP contribution in [0, 0.1) is 5.92 Å². The molecule has 0 amide bonds. The van der Waals surface area contributed by atoms with E-state index in [0.29, 0.717) is 23.6 Å². The lowest BCUT2D eigenvalue weighted by atomic mass is 9.80. The number of rotatable bonds is 6. The van der Waals surface area contributed by atoms with Gasteiger partial charge in [0, 0.05) is 15.1 Å². The quantitative estimate of drug-likeness (QED) is 0.767. The van der Waals surface area contributed by atoms with Crippen LogP contribution in [0.5, 0.6) is 0 Å². The maximum absolute atomic E-state index is 12.1. The monoisotopic (exact) mass is 362 g/mol. The maximum Gasteiger partial charge on any atom is 0.312 e. The Balaban J connectivity index is 3.17. The van der Waals surface area contributed by atoms with Crippen molar-refractivity contribution >= 4 is 33.5 Å². The van der Waals surface area contributed by atoms with Gasteiger partial charge in [-0.2, -0.15) is 0 Å². The van der Waals surface area contributed by atoms with Gasteiger partial charge in [0.1, 0.15) is 5.60 Å². The fraction of sp³-hybridized carbons (Fsp3) is 0.533. The Bertz CT molecular complexity index is 474. The summed E-state index contributed by atoms with van der Waals surface area (Å²) in [5, 5.41) is 11.3. The molecule has 0 spiro atoms. The average molecular weight is 364 g/mol. The number of carbonyl (C=O) groups excluding carboxylic acids is 1. The number of hydrogen-bond donors (Lipinski definition) is 1. The normalized spacial score (nSPS) is 15.5. The van der Waals surface area contributed by atoms with Crippen molar-refractivity contribution in [1.29, 1.82) is 0 Å². The minimum absolute atomic E-state index is 0.295. The Morgan fingerprint density at radius 1 is 1.50 bits per heavy atom. The highest BCUT2D eigenvalue weighted by atomic mass is 79.9. The largest absolute Gasteiger partial charge is 0.466 e. The average Bonchev–Trinajstić information content (AvgIpc) is 2.35. The molecular formula is C15H20BrClO3. The van der Waals surface area contributed by atoms with Gasteiger partial charge in [0.2, 0.25) is 0 Å². The van der Waals surface area contributed by atoms with Crippen molar-refractivity contribution in [2.75, 3.05) is 6.61 Å². The fourth-order valence-electron chi connectivity index (χ4n) is 2.25. The number of esters is 1. The minimum Gasteiger partial charge on any atom is -0.466 e. The molecule has 2 unspecified atom stereocenters. The lowest BCUT2D eigenvalue weighted by molar-refractivity contribution is -0.158. The van der Waals surface area contributed by atoms with E-state index in [9.17, 15) is 9.90 Å². The third-order valence-corrected chi connectivity index (χ3v) is 4.11. The van der Waals surface area contributed by atoms with E-state index in [1.54, 1.807) is 32.0 Å². The van der Waals surface area contributed by atoms with Gasteiger partial charge < -0.3 is 9.84 Å². The summed E-state index contributed by atoms with van der Waals surface area (Å²) >= 11 is 9.52. The zero-order valence-electron chi connectivity index (χ0n) is 12.0. The van der Waals surface area contributed by atoms with E-state index in [1.807, 2.05) is 6.92 Å². The molecule has 20 heavy (non-hydrogen) atoms.